The SMILES string of the molecule is CC1C(O)=Cc2cc3cccc(O)c3cc2C1O. The van der Waals surface area contributed by atoms with Gasteiger partial charge in [-0.3, -0.25) is 0 Å². The Morgan fingerprint density at radius 1 is 1.11 bits per heavy atom. The summed E-state index contributed by atoms with van der Waals surface area (Å²) in [6.07, 6.45) is 0.935. The number of aromatic hydroxyl groups is 1. The van der Waals surface area contributed by atoms with Crippen molar-refractivity contribution in [2.45, 2.75) is 13.0 Å². The standard InChI is InChI=1S/C15H14O3/c1-8-14(17)6-10-5-9-3-2-4-13(16)11(9)7-12(10)15(8)18/h2-8,15-18H,1H3. The Labute approximate surface area is 105 Å². The number of fused-ring (bicyclic) bond motifs is 2. The van der Waals surface area contributed by atoms with Crippen LogP contribution in [0.1, 0.15) is 24.2 Å². The van der Waals surface area contributed by atoms with E-state index in [9.17, 15) is 15.3 Å². The molecule has 0 fully saturated rings. The van der Waals surface area contributed by atoms with Crippen LogP contribution in [0.2, 0.25) is 0 Å². The van der Waals surface area contributed by atoms with Crippen LogP contribution in [0.4, 0.5) is 0 Å². The van der Waals surface area contributed by atoms with Crippen molar-refractivity contribution in [1.82, 2.24) is 0 Å². The number of hydrogen-bond donors (Lipinski definition) is 3. The van der Waals surface area contributed by atoms with E-state index in [0.29, 0.717) is 0 Å². The molecule has 1 aliphatic carbocycles. The van der Waals surface area contributed by atoms with Crippen molar-refractivity contribution in [3.05, 3.63) is 47.2 Å². The molecule has 0 saturated heterocycles. The van der Waals surface area contributed by atoms with Gasteiger partial charge >= 0.3 is 0 Å². The molecule has 0 spiro atoms. The van der Waals surface area contributed by atoms with Crippen LogP contribution in [0.15, 0.2) is 36.1 Å². The maximum absolute atomic E-state index is 10.2. The zero-order chi connectivity index (χ0) is 12.9. The van der Waals surface area contributed by atoms with Gasteiger partial charge < -0.3 is 15.3 Å². The second-order valence-corrected chi connectivity index (χ2v) is 4.78. The summed E-state index contributed by atoms with van der Waals surface area (Å²) >= 11 is 0. The topological polar surface area (TPSA) is 60.7 Å². The lowest BCUT2D eigenvalue weighted by Gasteiger charge is -2.25. The summed E-state index contributed by atoms with van der Waals surface area (Å²) in [5, 5.41) is 31.4. The van der Waals surface area contributed by atoms with Crippen molar-refractivity contribution < 1.29 is 15.3 Å². The third-order valence-corrected chi connectivity index (χ3v) is 3.62. The van der Waals surface area contributed by atoms with Gasteiger partial charge in [0.05, 0.1) is 11.9 Å². The fraction of sp³-hybridized carbons (Fsp3) is 0.200. The Morgan fingerprint density at radius 3 is 2.67 bits per heavy atom. The van der Waals surface area contributed by atoms with Crippen LogP contribution in [0, 0.1) is 5.92 Å². The molecule has 3 rings (SSSR count). The first-order chi connectivity index (χ1) is 8.58. The molecule has 3 N–H and O–H groups in total. The van der Waals surface area contributed by atoms with Crippen LogP contribution in [0.3, 0.4) is 0 Å². The molecule has 0 aromatic heterocycles. The smallest absolute Gasteiger partial charge is 0.123 e. The van der Waals surface area contributed by atoms with E-state index in [4.69, 9.17) is 0 Å². The van der Waals surface area contributed by atoms with Crippen molar-refractivity contribution in [3.63, 3.8) is 0 Å². The molecule has 0 saturated carbocycles. The molecule has 0 radical (unpaired) electrons. The van der Waals surface area contributed by atoms with E-state index in [2.05, 4.69) is 0 Å². The Kier molecular flexibility index (Phi) is 2.31. The highest BCUT2D eigenvalue weighted by molar-refractivity contribution is 5.91. The molecule has 0 heterocycles. The van der Waals surface area contributed by atoms with Crippen molar-refractivity contribution in [1.29, 1.82) is 0 Å². The van der Waals surface area contributed by atoms with Crippen molar-refractivity contribution in [2.24, 2.45) is 5.92 Å². The van der Waals surface area contributed by atoms with E-state index >= 15 is 0 Å². The van der Waals surface area contributed by atoms with Gasteiger partial charge in [0.2, 0.25) is 0 Å². The molecule has 3 nitrogen and oxygen atoms in total. The second-order valence-electron chi connectivity index (χ2n) is 4.78. The van der Waals surface area contributed by atoms with E-state index in [1.165, 1.54) is 0 Å². The highest BCUT2D eigenvalue weighted by Gasteiger charge is 2.27. The molecule has 0 aliphatic heterocycles. The third kappa shape index (κ3) is 1.48. The van der Waals surface area contributed by atoms with E-state index < -0.39 is 6.10 Å². The van der Waals surface area contributed by atoms with Gasteiger partial charge in [-0.15, -0.1) is 0 Å². The quantitative estimate of drug-likeness (QED) is 0.665. The first-order valence-corrected chi connectivity index (χ1v) is 5.92. The molecule has 2 aromatic carbocycles. The summed E-state index contributed by atoms with van der Waals surface area (Å²) in [7, 11) is 0. The lowest BCUT2D eigenvalue weighted by atomic mass is 9.85. The van der Waals surface area contributed by atoms with E-state index in [1.54, 1.807) is 31.2 Å². The fourth-order valence-electron chi connectivity index (χ4n) is 2.45. The largest absolute Gasteiger partial charge is 0.512 e. The summed E-state index contributed by atoms with van der Waals surface area (Å²) in [5.41, 5.74) is 1.55. The van der Waals surface area contributed by atoms with Gasteiger partial charge in [-0.25, -0.2) is 0 Å². The molecular weight excluding hydrogens is 228 g/mol. The van der Waals surface area contributed by atoms with Gasteiger partial charge in [0.25, 0.3) is 0 Å². The van der Waals surface area contributed by atoms with Crippen molar-refractivity contribution >= 4 is 16.8 Å². The van der Waals surface area contributed by atoms with Gasteiger partial charge in [-0.05, 0) is 40.8 Å². The summed E-state index contributed by atoms with van der Waals surface area (Å²) in [6.45, 7) is 1.77. The van der Waals surface area contributed by atoms with Crippen LogP contribution < -0.4 is 0 Å². The number of phenolic OH excluding ortho intramolecular Hbond substituents is 1. The first kappa shape index (κ1) is 11.1. The summed E-state index contributed by atoms with van der Waals surface area (Å²) < 4.78 is 0. The zero-order valence-corrected chi connectivity index (χ0v) is 9.96. The first-order valence-electron chi connectivity index (χ1n) is 5.92. The monoisotopic (exact) mass is 242 g/mol. The summed E-state index contributed by atoms with van der Waals surface area (Å²) in [5.74, 6) is 0.0734. The van der Waals surface area contributed by atoms with E-state index in [0.717, 1.165) is 21.9 Å². The number of phenols is 1. The van der Waals surface area contributed by atoms with E-state index in [1.807, 2.05) is 12.1 Å². The van der Waals surface area contributed by atoms with Gasteiger partial charge in [-0.2, -0.15) is 0 Å². The minimum atomic E-state index is -0.742. The molecule has 3 heteroatoms. The summed E-state index contributed by atoms with van der Waals surface area (Å²) in [6, 6.07) is 8.96. The minimum absolute atomic E-state index is 0.189. The van der Waals surface area contributed by atoms with Gasteiger partial charge in [-0.1, -0.05) is 19.1 Å². The van der Waals surface area contributed by atoms with Crippen LogP contribution in [-0.4, -0.2) is 15.3 Å². The predicted octanol–water partition coefficient (Wildman–Crippen LogP) is 3.13. The van der Waals surface area contributed by atoms with E-state index in [-0.39, 0.29) is 17.4 Å². The maximum atomic E-state index is 10.2. The van der Waals surface area contributed by atoms with Gasteiger partial charge in [0.15, 0.2) is 0 Å². The van der Waals surface area contributed by atoms with Crippen molar-refractivity contribution in [3.8, 4) is 5.75 Å². The number of benzene rings is 2. The second kappa shape index (κ2) is 3.75. The molecule has 2 atom stereocenters. The molecule has 2 unspecified atom stereocenters. The predicted molar refractivity (Wildman–Crippen MR) is 70.3 cm³/mol. The number of rotatable bonds is 0. The molecule has 92 valence electrons. The molecule has 2 aromatic rings. The molecule has 1 aliphatic rings. The highest BCUT2D eigenvalue weighted by Crippen LogP contribution is 2.38. The molecule has 0 amide bonds. The Morgan fingerprint density at radius 2 is 1.89 bits per heavy atom. The zero-order valence-electron chi connectivity index (χ0n) is 9.96. The Bertz CT molecular complexity index is 658. The maximum Gasteiger partial charge on any atom is 0.123 e. The average molecular weight is 242 g/mol. The number of aliphatic hydroxyl groups is 2. The lowest BCUT2D eigenvalue weighted by Crippen LogP contribution is -2.16. The van der Waals surface area contributed by atoms with Gasteiger partial charge in [0, 0.05) is 11.3 Å². The molecular formula is C15H14O3. The van der Waals surface area contributed by atoms with Gasteiger partial charge in [0.1, 0.15) is 5.75 Å². The fourth-order valence-corrected chi connectivity index (χ4v) is 2.45. The number of aliphatic hydroxyl groups excluding tert-OH is 2. The Hall–Kier alpha value is -2.00. The minimum Gasteiger partial charge on any atom is -0.512 e. The Balaban J connectivity index is 2.33. The molecule has 18 heavy (non-hydrogen) atoms. The molecule has 0 bridgehead atoms. The highest BCUT2D eigenvalue weighted by atomic mass is 16.3. The van der Waals surface area contributed by atoms with Crippen molar-refractivity contribution in [2.75, 3.05) is 0 Å². The lowest BCUT2D eigenvalue weighted by molar-refractivity contribution is 0.109. The normalized spacial score (nSPS) is 22.7. The van der Waals surface area contributed by atoms with Crippen LogP contribution in [0.5, 0.6) is 5.75 Å². The number of hydrogen-bond acceptors (Lipinski definition) is 3. The average Bonchev–Trinajstić information content (AvgIpc) is 2.35. The van der Waals surface area contributed by atoms with Crippen LogP contribution >= 0.6 is 0 Å². The summed E-state index contributed by atoms with van der Waals surface area (Å²) in [4.78, 5) is 0. The third-order valence-electron chi connectivity index (χ3n) is 3.62. The van der Waals surface area contributed by atoms with Crippen LogP contribution in [-0.2, 0) is 0 Å². The van der Waals surface area contributed by atoms with Crippen LogP contribution in [0.25, 0.3) is 16.8 Å².